The number of amides is 1. The third-order valence-corrected chi connectivity index (χ3v) is 8.08. The molecule has 1 aliphatic heterocycles. The summed E-state index contributed by atoms with van der Waals surface area (Å²) in [6.45, 7) is 3.41. The Labute approximate surface area is 216 Å². The quantitative estimate of drug-likeness (QED) is 0.347. The molecular formula is C26H21N3O6S2. The lowest BCUT2D eigenvalue weighted by atomic mass is 9.99. The number of sulfonamides is 1. The van der Waals surface area contributed by atoms with E-state index in [0.717, 1.165) is 5.56 Å². The van der Waals surface area contributed by atoms with Gasteiger partial charge in [-0.15, -0.1) is 11.3 Å². The van der Waals surface area contributed by atoms with E-state index in [-0.39, 0.29) is 26.8 Å². The molecule has 2 aromatic heterocycles. The highest BCUT2D eigenvalue weighted by Gasteiger charge is 2.47. The van der Waals surface area contributed by atoms with Crippen molar-refractivity contribution in [3.05, 3.63) is 100 Å². The van der Waals surface area contributed by atoms with Crippen LogP contribution in [0.3, 0.4) is 0 Å². The van der Waals surface area contributed by atoms with Crippen LogP contribution in [0.2, 0.25) is 0 Å². The highest BCUT2D eigenvalue weighted by Crippen LogP contribution is 2.43. The smallest absolute Gasteiger partial charge is 0.294 e. The number of nitrogens with zero attached hydrogens (tertiary/aromatic N) is 2. The van der Waals surface area contributed by atoms with Crippen LogP contribution in [0.1, 0.15) is 32.9 Å². The van der Waals surface area contributed by atoms with Crippen LogP contribution < -0.4 is 10.0 Å². The molecule has 4 aromatic rings. The molecule has 2 aromatic carbocycles. The molecule has 11 heteroatoms. The normalized spacial score (nSPS) is 16.0. The molecule has 5 rings (SSSR count). The van der Waals surface area contributed by atoms with Gasteiger partial charge in [0.1, 0.15) is 22.6 Å². The molecule has 188 valence electrons. The Hall–Kier alpha value is -4.06. The van der Waals surface area contributed by atoms with Crippen LogP contribution in [-0.2, 0) is 14.8 Å². The van der Waals surface area contributed by atoms with Gasteiger partial charge in [-0.25, -0.2) is 18.5 Å². The zero-order valence-corrected chi connectivity index (χ0v) is 21.3. The van der Waals surface area contributed by atoms with Gasteiger partial charge in [-0.1, -0.05) is 30.3 Å². The number of carbonyl (C=O) groups excluding carboxylic acids is 2. The molecular weight excluding hydrogens is 514 g/mol. The lowest BCUT2D eigenvalue weighted by molar-refractivity contribution is -0.117. The van der Waals surface area contributed by atoms with Crippen molar-refractivity contribution in [2.24, 2.45) is 5.14 Å². The second kappa shape index (κ2) is 9.11. The number of aryl methyl sites for hydroxylation is 2. The lowest BCUT2D eigenvalue weighted by Crippen LogP contribution is -2.30. The Morgan fingerprint density at radius 3 is 2.32 bits per heavy atom. The van der Waals surface area contributed by atoms with Gasteiger partial charge < -0.3 is 9.52 Å². The van der Waals surface area contributed by atoms with Gasteiger partial charge in [0.05, 0.1) is 21.0 Å². The van der Waals surface area contributed by atoms with Gasteiger partial charge in [-0.2, -0.15) is 0 Å². The average molecular weight is 536 g/mol. The van der Waals surface area contributed by atoms with Crippen LogP contribution in [0.5, 0.6) is 0 Å². The molecule has 3 N–H and O–H groups in total. The van der Waals surface area contributed by atoms with Crippen LogP contribution in [0.15, 0.2) is 87.4 Å². The van der Waals surface area contributed by atoms with Gasteiger partial charge in [0.25, 0.3) is 5.91 Å². The number of anilines is 1. The summed E-state index contributed by atoms with van der Waals surface area (Å²) in [5.74, 6) is -1.28. The average Bonchev–Trinajstić information content (AvgIpc) is 3.55. The summed E-state index contributed by atoms with van der Waals surface area (Å²) in [5, 5.41) is 16.8. The second-order valence-corrected chi connectivity index (χ2v) is 11.0. The third kappa shape index (κ3) is 4.37. The molecule has 37 heavy (non-hydrogen) atoms. The number of furan rings is 1. The van der Waals surface area contributed by atoms with Crippen molar-refractivity contribution < 1.29 is 27.5 Å². The third-order valence-electron chi connectivity index (χ3n) is 5.95. The number of hydrogen-bond acceptors (Lipinski definition) is 8. The predicted molar refractivity (Wildman–Crippen MR) is 138 cm³/mol. The maximum Gasteiger partial charge on any atom is 0.294 e. The number of primary sulfonamides is 1. The lowest BCUT2D eigenvalue weighted by Gasteiger charge is -2.25. The molecule has 0 radical (unpaired) electrons. The maximum absolute atomic E-state index is 13.9. The molecule has 0 fully saturated rings. The first-order valence-electron chi connectivity index (χ1n) is 11.1. The van der Waals surface area contributed by atoms with Gasteiger partial charge in [-0.05, 0) is 50.2 Å². The molecule has 3 heterocycles. The summed E-state index contributed by atoms with van der Waals surface area (Å²) in [6.07, 6.45) is 0. The van der Waals surface area contributed by atoms with E-state index in [9.17, 15) is 23.1 Å². The summed E-state index contributed by atoms with van der Waals surface area (Å²) in [5.41, 5.74) is 1.40. The van der Waals surface area contributed by atoms with E-state index >= 15 is 0 Å². The van der Waals surface area contributed by atoms with E-state index in [2.05, 4.69) is 4.98 Å². The molecule has 0 spiro atoms. The molecule has 1 unspecified atom stereocenters. The van der Waals surface area contributed by atoms with Crippen LogP contribution in [0, 0.1) is 13.8 Å². The molecule has 0 bridgehead atoms. The largest absolute Gasteiger partial charge is 0.503 e. The Morgan fingerprint density at radius 2 is 1.73 bits per heavy atom. The first kappa shape index (κ1) is 24.6. The summed E-state index contributed by atoms with van der Waals surface area (Å²) in [6, 6.07) is 16.9. The number of aliphatic hydroxyl groups excluding tert-OH is 1. The van der Waals surface area contributed by atoms with Gasteiger partial charge in [0.15, 0.2) is 5.76 Å². The topological polar surface area (TPSA) is 144 Å². The van der Waals surface area contributed by atoms with E-state index < -0.39 is 33.5 Å². The minimum absolute atomic E-state index is 0.143. The minimum Gasteiger partial charge on any atom is -0.503 e. The molecule has 1 amide bonds. The summed E-state index contributed by atoms with van der Waals surface area (Å²) in [4.78, 5) is 33.0. The number of nitrogens with two attached hydrogens (primary N) is 1. The fourth-order valence-corrected chi connectivity index (χ4v) is 5.74. The van der Waals surface area contributed by atoms with Crippen LogP contribution in [0.4, 0.5) is 5.69 Å². The second-order valence-electron chi connectivity index (χ2n) is 8.46. The molecule has 1 atom stereocenters. The van der Waals surface area contributed by atoms with Crippen molar-refractivity contribution in [2.75, 3.05) is 4.90 Å². The molecule has 0 saturated heterocycles. The van der Waals surface area contributed by atoms with Crippen molar-refractivity contribution in [1.29, 1.82) is 0 Å². The highest BCUT2D eigenvalue weighted by molar-refractivity contribution is 7.89. The Balaban J connectivity index is 1.61. The van der Waals surface area contributed by atoms with E-state index in [1.165, 1.54) is 40.5 Å². The number of carbonyl (C=O) groups is 2. The van der Waals surface area contributed by atoms with E-state index in [4.69, 9.17) is 9.56 Å². The highest BCUT2D eigenvalue weighted by atomic mass is 32.2. The van der Waals surface area contributed by atoms with Crippen molar-refractivity contribution in [1.82, 2.24) is 4.98 Å². The predicted octanol–water partition coefficient (Wildman–Crippen LogP) is 4.45. The number of aliphatic hydroxyl groups is 1. The maximum atomic E-state index is 13.9. The van der Waals surface area contributed by atoms with Crippen molar-refractivity contribution in [3.8, 4) is 10.6 Å². The number of aromatic nitrogens is 1. The summed E-state index contributed by atoms with van der Waals surface area (Å²) >= 11 is 1.17. The first-order chi connectivity index (χ1) is 17.6. The molecule has 1 aliphatic rings. The van der Waals surface area contributed by atoms with Crippen LogP contribution in [-0.4, -0.2) is 30.2 Å². The number of benzene rings is 2. The number of hydrogen-bond donors (Lipinski definition) is 2. The van der Waals surface area contributed by atoms with Crippen LogP contribution >= 0.6 is 11.3 Å². The standard InChI is InChI=1S/C26H21N3O6S2/c1-14-8-13-19(35-14)21-20(22(30)24-15(2)28-25(36-24)16-6-4-3-5-7-16)23(31)26(32)29(21)17-9-11-18(12-10-17)37(27,33)34/h3-13,21,31H,1-2H3,(H2,27,33,34). The number of Topliss-reactive ketones (excluding diaryl/α,β-unsaturated/α-hetero) is 1. The zero-order chi connectivity index (χ0) is 26.5. The fourth-order valence-electron chi connectivity index (χ4n) is 4.20. The van der Waals surface area contributed by atoms with Crippen LogP contribution in [0.25, 0.3) is 10.6 Å². The molecule has 0 saturated carbocycles. The van der Waals surface area contributed by atoms with Crippen molar-refractivity contribution in [2.45, 2.75) is 24.8 Å². The molecule has 0 aliphatic carbocycles. The Morgan fingerprint density at radius 1 is 1.05 bits per heavy atom. The Bertz CT molecular complexity index is 1670. The summed E-state index contributed by atoms with van der Waals surface area (Å²) in [7, 11) is -3.96. The number of thiazole rings is 1. The number of rotatable bonds is 6. The van der Waals surface area contributed by atoms with Crippen molar-refractivity contribution in [3.63, 3.8) is 0 Å². The summed E-state index contributed by atoms with van der Waals surface area (Å²) < 4.78 is 29.2. The van der Waals surface area contributed by atoms with E-state index in [1.807, 2.05) is 30.3 Å². The fraction of sp³-hybridized carbons (Fsp3) is 0.115. The van der Waals surface area contributed by atoms with Gasteiger partial charge in [-0.3, -0.25) is 14.5 Å². The van der Waals surface area contributed by atoms with Gasteiger partial charge in [0, 0.05) is 11.3 Å². The molecule has 9 nitrogen and oxygen atoms in total. The monoisotopic (exact) mass is 535 g/mol. The minimum atomic E-state index is -3.96. The van der Waals surface area contributed by atoms with E-state index in [1.54, 1.807) is 26.0 Å². The van der Waals surface area contributed by atoms with Gasteiger partial charge >= 0.3 is 0 Å². The SMILES string of the molecule is Cc1ccc(C2C(C(=O)c3sc(-c4ccccc4)nc3C)=C(O)C(=O)N2c2ccc(S(N)(=O)=O)cc2)o1. The van der Waals surface area contributed by atoms with E-state index in [0.29, 0.717) is 16.5 Å². The van der Waals surface area contributed by atoms with Crippen molar-refractivity contribution >= 4 is 38.7 Å². The first-order valence-corrected chi connectivity index (χ1v) is 13.5. The number of ketones is 1. The zero-order valence-electron chi connectivity index (χ0n) is 19.7. The Kier molecular flexibility index (Phi) is 6.06. The van der Waals surface area contributed by atoms with Gasteiger partial charge in [0.2, 0.25) is 15.8 Å².